The van der Waals surface area contributed by atoms with Crippen molar-refractivity contribution in [3.05, 3.63) is 15.6 Å². The van der Waals surface area contributed by atoms with E-state index in [0.29, 0.717) is 17.4 Å². The van der Waals surface area contributed by atoms with Crippen LogP contribution in [-0.2, 0) is 4.84 Å². The van der Waals surface area contributed by atoms with E-state index in [-0.39, 0.29) is 5.91 Å². The van der Waals surface area contributed by atoms with Gasteiger partial charge in [-0.1, -0.05) is 13.8 Å². The SMILES string of the molecule is Cc1nc(C)c(C(=O)NOCC(C)C)s1. The number of carbonyl (C=O) groups excluding carboxylic acids is 1. The fourth-order valence-electron chi connectivity index (χ4n) is 1.06. The molecule has 1 N–H and O–H groups in total. The van der Waals surface area contributed by atoms with Crippen LogP contribution in [-0.4, -0.2) is 17.5 Å². The maximum atomic E-state index is 11.6. The molecule has 1 heterocycles. The van der Waals surface area contributed by atoms with Crippen LogP contribution in [0.15, 0.2) is 0 Å². The molecule has 1 rings (SSSR count). The topological polar surface area (TPSA) is 51.2 Å². The molecule has 0 bridgehead atoms. The molecule has 84 valence electrons. The van der Waals surface area contributed by atoms with Gasteiger partial charge in [-0.2, -0.15) is 0 Å². The summed E-state index contributed by atoms with van der Waals surface area (Å²) in [7, 11) is 0. The summed E-state index contributed by atoms with van der Waals surface area (Å²) in [6, 6.07) is 0. The number of hydroxylamine groups is 1. The largest absolute Gasteiger partial charge is 0.286 e. The van der Waals surface area contributed by atoms with E-state index in [4.69, 9.17) is 4.84 Å². The van der Waals surface area contributed by atoms with Gasteiger partial charge in [0.25, 0.3) is 5.91 Å². The highest BCUT2D eigenvalue weighted by atomic mass is 32.1. The molecule has 5 heteroatoms. The zero-order chi connectivity index (χ0) is 11.4. The lowest BCUT2D eigenvalue weighted by molar-refractivity contribution is 0.0211. The first-order valence-corrected chi connectivity index (χ1v) is 5.68. The predicted octanol–water partition coefficient (Wildman–Crippen LogP) is 2.08. The standard InChI is InChI=1S/C10H16N2O2S/c1-6(2)5-14-12-10(13)9-7(3)11-8(4)15-9/h6H,5H2,1-4H3,(H,12,13). The number of nitrogens with zero attached hydrogens (tertiary/aromatic N) is 1. The van der Waals surface area contributed by atoms with Crippen LogP contribution in [0.3, 0.4) is 0 Å². The van der Waals surface area contributed by atoms with Gasteiger partial charge in [-0.3, -0.25) is 9.63 Å². The monoisotopic (exact) mass is 228 g/mol. The predicted molar refractivity (Wildman–Crippen MR) is 59.8 cm³/mol. The Hall–Kier alpha value is -0.940. The number of aryl methyl sites for hydroxylation is 2. The van der Waals surface area contributed by atoms with Crippen LogP contribution in [0.1, 0.15) is 34.2 Å². The van der Waals surface area contributed by atoms with Gasteiger partial charge in [0.15, 0.2) is 0 Å². The molecule has 0 aliphatic carbocycles. The summed E-state index contributed by atoms with van der Waals surface area (Å²) < 4.78 is 0. The molecule has 0 atom stereocenters. The molecule has 4 nitrogen and oxygen atoms in total. The second-order valence-corrected chi connectivity index (χ2v) is 4.99. The van der Waals surface area contributed by atoms with Crippen LogP contribution < -0.4 is 5.48 Å². The zero-order valence-electron chi connectivity index (χ0n) is 9.46. The molecule has 0 saturated heterocycles. The highest BCUT2D eigenvalue weighted by Gasteiger charge is 2.13. The molecule has 1 amide bonds. The lowest BCUT2D eigenvalue weighted by atomic mass is 10.2. The van der Waals surface area contributed by atoms with Gasteiger partial charge < -0.3 is 0 Å². The Morgan fingerprint density at radius 2 is 2.20 bits per heavy atom. The van der Waals surface area contributed by atoms with E-state index in [2.05, 4.69) is 10.5 Å². The molecule has 1 aromatic heterocycles. The van der Waals surface area contributed by atoms with Crippen molar-refractivity contribution in [1.29, 1.82) is 0 Å². The molecular formula is C10H16N2O2S. The normalized spacial score (nSPS) is 10.7. The van der Waals surface area contributed by atoms with E-state index in [0.717, 1.165) is 10.7 Å². The lowest BCUT2D eigenvalue weighted by Crippen LogP contribution is -2.25. The maximum absolute atomic E-state index is 11.6. The molecule has 1 aromatic rings. The zero-order valence-corrected chi connectivity index (χ0v) is 10.3. The average molecular weight is 228 g/mol. The summed E-state index contributed by atoms with van der Waals surface area (Å²) in [5.74, 6) is 0.188. The van der Waals surface area contributed by atoms with Crippen molar-refractivity contribution in [3.63, 3.8) is 0 Å². The van der Waals surface area contributed by atoms with E-state index in [9.17, 15) is 4.79 Å². The van der Waals surface area contributed by atoms with Gasteiger partial charge in [-0.15, -0.1) is 11.3 Å². The number of aromatic nitrogens is 1. The Balaban J connectivity index is 2.50. The van der Waals surface area contributed by atoms with Crippen LogP contribution in [0.4, 0.5) is 0 Å². The number of carbonyl (C=O) groups is 1. The Kier molecular flexibility index (Phi) is 4.23. The number of hydrogen-bond donors (Lipinski definition) is 1. The van der Waals surface area contributed by atoms with Crippen molar-refractivity contribution in [2.24, 2.45) is 5.92 Å². The number of amides is 1. The summed E-state index contributed by atoms with van der Waals surface area (Å²) in [4.78, 5) is 21.4. The molecule has 0 aliphatic heterocycles. The van der Waals surface area contributed by atoms with Gasteiger partial charge in [0.1, 0.15) is 4.88 Å². The molecule has 0 radical (unpaired) electrons. The second-order valence-electron chi connectivity index (χ2n) is 3.78. The van der Waals surface area contributed by atoms with Crippen molar-refractivity contribution < 1.29 is 9.63 Å². The third-order valence-corrected chi connectivity index (χ3v) is 2.76. The number of thiazole rings is 1. The van der Waals surface area contributed by atoms with Crippen molar-refractivity contribution in [3.8, 4) is 0 Å². The van der Waals surface area contributed by atoms with E-state index >= 15 is 0 Å². The molecule has 0 unspecified atom stereocenters. The van der Waals surface area contributed by atoms with Crippen molar-refractivity contribution >= 4 is 17.2 Å². The van der Waals surface area contributed by atoms with E-state index in [1.54, 1.807) is 0 Å². The summed E-state index contributed by atoms with van der Waals surface area (Å²) in [5, 5.41) is 0.890. The van der Waals surface area contributed by atoms with Crippen LogP contribution in [0.5, 0.6) is 0 Å². The Morgan fingerprint density at radius 3 is 2.67 bits per heavy atom. The molecule has 0 saturated carbocycles. The molecule has 0 fully saturated rings. The van der Waals surface area contributed by atoms with Gasteiger partial charge in [0.2, 0.25) is 0 Å². The van der Waals surface area contributed by atoms with Crippen LogP contribution in [0.2, 0.25) is 0 Å². The molecule has 0 aliphatic rings. The molecule has 0 aromatic carbocycles. The van der Waals surface area contributed by atoms with Gasteiger partial charge in [-0.25, -0.2) is 10.5 Å². The average Bonchev–Trinajstić information content (AvgIpc) is 2.44. The Morgan fingerprint density at radius 1 is 1.53 bits per heavy atom. The third kappa shape index (κ3) is 3.60. The first-order chi connectivity index (χ1) is 7.00. The van der Waals surface area contributed by atoms with Crippen LogP contribution in [0, 0.1) is 19.8 Å². The van der Waals surface area contributed by atoms with Crippen LogP contribution >= 0.6 is 11.3 Å². The van der Waals surface area contributed by atoms with Crippen LogP contribution in [0.25, 0.3) is 0 Å². The third-order valence-electron chi connectivity index (χ3n) is 1.69. The minimum absolute atomic E-state index is 0.209. The van der Waals surface area contributed by atoms with E-state index < -0.39 is 0 Å². The first-order valence-electron chi connectivity index (χ1n) is 4.87. The summed E-state index contributed by atoms with van der Waals surface area (Å²) in [6.45, 7) is 8.26. The fourth-order valence-corrected chi connectivity index (χ4v) is 1.87. The van der Waals surface area contributed by atoms with E-state index in [1.165, 1.54) is 11.3 Å². The smallest absolute Gasteiger partial charge is 0.273 e. The number of rotatable bonds is 4. The van der Waals surface area contributed by atoms with E-state index in [1.807, 2.05) is 27.7 Å². The Bertz CT molecular complexity index is 347. The summed E-state index contributed by atoms with van der Waals surface area (Å²) >= 11 is 1.38. The van der Waals surface area contributed by atoms with Crippen molar-refractivity contribution in [2.45, 2.75) is 27.7 Å². The second kappa shape index (κ2) is 5.23. The minimum atomic E-state index is -0.209. The number of nitrogens with one attached hydrogen (secondary N) is 1. The molecule has 15 heavy (non-hydrogen) atoms. The summed E-state index contributed by atoms with van der Waals surface area (Å²) in [6.07, 6.45) is 0. The molecular weight excluding hydrogens is 212 g/mol. The fraction of sp³-hybridized carbons (Fsp3) is 0.600. The minimum Gasteiger partial charge on any atom is -0.273 e. The van der Waals surface area contributed by atoms with Gasteiger partial charge in [0.05, 0.1) is 17.3 Å². The Labute approximate surface area is 93.6 Å². The number of hydrogen-bond acceptors (Lipinski definition) is 4. The van der Waals surface area contributed by atoms with Crippen molar-refractivity contribution in [1.82, 2.24) is 10.5 Å². The first kappa shape index (κ1) is 12.1. The quantitative estimate of drug-likeness (QED) is 0.803. The van der Waals surface area contributed by atoms with Gasteiger partial charge >= 0.3 is 0 Å². The highest BCUT2D eigenvalue weighted by molar-refractivity contribution is 7.13. The lowest BCUT2D eigenvalue weighted by Gasteiger charge is -2.06. The maximum Gasteiger partial charge on any atom is 0.286 e. The van der Waals surface area contributed by atoms with Gasteiger partial charge in [-0.05, 0) is 19.8 Å². The molecule has 0 spiro atoms. The highest BCUT2D eigenvalue weighted by Crippen LogP contribution is 2.16. The van der Waals surface area contributed by atoms with Crippen molar-refractivity contribution in [2.75, 3.05) is 6.61 Å². The summed E-state index contributed by atoms with van der Waals surface area (Å²) in [5.41, 5.74) is 3.17. The van der Waals surface area contributed by atoms with Gasteiger partial charge in [0, 0.05) is 0 Å².